The van der Waals surface area contributed by atoms with E-state index in [0.717, 1.165) is 17.5 Å². The molecule has 0 saturated carbocycles. The Morgan fingerprint density at radius 3 is 2.68 bits per heavy atom. The normalized spacial score (nSPS) is 11.4. The second kappa shape index (κ2) is 8.15. The summed E-state index contributed by atoms with van der Waals surface area (Å²) in [4.78, 5) is 42.5. The summed E-state index contributed by atoms with van der Waals surface area (Å²) in [6, 6.07) is 15.3. The molecular weight excluding hydrogens is 432 g/mol. The van der Waals surface area contributed by atoms with Gasteiger partial charge in [-0.05, 0) is 61.4 Å². The van der Waals surface area contributed by atoms with E-state index < -0.39 is 11.8 Å². The molecule has 0 aliphatic carbocycles. The lowest BCUT2D eigenvalue weighted by Crippen LogP contribution is -2.17. The number of hydrogen-bond acceptors (Lipinski definition) is 5. The van der Waals surface area contributed by atoms with Gasteiger partial charge in [-0.2, -0.15) is 0 Å². The molecule has 34 heavy (non-hydrogen) atoms. The minimum Gasteiger partial charge on any atom is -0.455 e. The molecule has 5 aromatic rings. The molecule has 170 valence electrons. The SMILES string of the molecule is CCCn1c(NC(=O)c2cccc3c(=O)c4ccc(C)cc4oc23)nc2cc(C(N)=O)ccc21. The third-order valence-corrected chi connectivity index (χ3v) is 5.80. The zero-order valence-corrected chi connectivity index (χ0v) is 18.7. The van der Waals surface area contributed by atoms with E-state index in [-0.39, 0.29) is 16.6 Å². The van der Waals surface area contributed by atoms with Crippen molar-refractivity contribution in [3.63, 3.8) is 0 Å². The Morgan fingerprint density at radius 2 is 1.91 bits per heavy atom. The van der Waals surface area contributed by atoms with Gasteiger partial charge in [0.15, 0.2) is 5.58 Å². The van der Waals surface area contributed by atoms with Crippen LogP contribution in [0, 0.1) is 6.92 Å². The van der Waals surface area contributed by atoms with Crippen molar-refractivity contribution >= 4 is 50.7 Å². The molecule has 5 rings (SSSR count). The van der Waals surface area contributed by atoms with E-state index in [4.69, 9.17) is 10.2 Å². The lowest BCUT2D eigenvalue weighted by atomic mass is 10.1. The van der Waals surface area contributed by atoms with Crippen molar-refractivity contribution in [1.29, 1.82) is 0 Å². The number of primary amides is 1. The number of fused-ring (bicyclic) bond motifs is 3. The molecule has 2 aromatic heterocycles. The van der Waals surface area contributed by atoms with Crippen LogP contribution < -0.4 is 16.5 Å². The molecule has 0 aliphatic heterocycles. The van der Waals surface area contributed by atoms with Crippen LogP contribution in [0.25, 0.3) is 33.0 Å². The number of para-hydroxylation sites is 1. The first kappa shape index (κ1) is 21.4. The average molecular weight is 454 g/mol. The van der Waals surface area contributed by atoms with Crippen LogP contribution >= 0.6 is 0 Å². The number of aryl methyl sites for hydroxylation is 2. The number of nitrogens with zero attached hydrogens (tertiary/aromatic N) is 2. The topological polar surface area (TPSA) is 120 Å². The molecule has 0 bridgehead atoms. The summed E-state index contributed by atoms with van der Waals surface area (Å²) < 4.78 is 7.91. The Labute approximate surface area is 194 Å². The number of hydrogen-bond donors (Lipinski definition) is 2. The summed E-state index contributed by atoms with van der Waals surface area (Å²) in [5.41, 5.74) is 8.68. The summed E-state index contributed by atoms with van der Waals surface area (Å²) in [7, 11) is 0. The molecule has 0 saturated heterocycles. The number of imidazole rings is 1. The van der Waals surface area contributed by atoms with E-state index in [1.807, 2.05) is 24.5 Å². The fourth-order valence-electron chi connectivity index (χ4n) is 4.16. The Bertz CT molecular complexity index is 1680. The molecule has 8 heteroatoms. The summed E-state index contributed by atoms with van der Waals surface area (Å²) in [5.74, 6) is -0.672. The summed E-state index contributed by atoms with van der Waals surface area (Å²) in [6.45, 7) is 4.53. The molecule has 0 spiro atoms. The molecule has 0 aliphatic rings. The van der Waals surface area contributed by atoms with Gasteiger partial charge in [-0.3, -0.25) is 19.7 Å². The number of amides is 2. The fraction of sp³-hybridized carbons (Fsp3) is 0.154. The van der Waals surface area contributed by atoms with Gasteiger partial charge in [-0.15, -0.1) is 0 Å². The predicted octanol–water partition coefficient (Wildman–Crippen LogP) is 4.37. The number of carbonyl (C=O) groups excluding carboxylic acids is 2. The van der Waals surface area contributed by atoms with Crippen LogP contribution in [-0.2, 0) is 6.54 Å². The van der Waals surface area contributed by atoms with E-state index in [0.29, 0.717) is 39.9 Å². The van der Waals surface area contributed by atoms with Gasteiger partial charge in [-0.25, -0.2) is 4.98 Å². The maximum Gasteiger partial charge on any atom is 0.261 e. The largest absolute Gasteiger partial charge is 0.455 e. The molecular formula is C26H22N4O4. The molecule has 0 radical (unpaired) electrons. The van der Waals surface area contributed by atoms with E-state index >= 15 is 0 Å². The maximum absolute atomic E-state index is 13.4. The number of anilines is 1. The first-order valence-corrected chi connectivity index (χ1v) is 10.9. The van der Waals surface area contributed by atoms with Crippen LogP contribution in [0.3, 0.4) is 0 Å². The first-order chi connectivity index (χ1) is 16.4. The fourth-order valence-corrected chi connectivity index (χ4v) is 4.16. The molecule has 3 aromatic carbocycles. The average Bonchev–Trinajstić information content (AvgIpc) is 3.15. The van der Waals surface area contributed by atoms with Crippen LogP contribution in [0.1, 0.15) is 39.6 Å². The zero-order chi connectivity index (χ0) is 24.0. The van der Waals surface area contributed by atoms with Crippen LogP contribution in [0.15, 0.2) is 63.8 Å². The maximum atomic E-state index is 13.4. The van der Waals surface area contributed by atoms with E-state index in [1.54, 1.807) is 48.5 Å². The van der Waals surface area contributed by atoms with Crippen molar-refractivity contribution in [3.8, 4) is 0 Å². The van der Waals surface area contributed by atoms with Crippen molar-refractivity contribution in [2.45, 2.75) is 26.8 Å². The molecule has 2 heterocycles. The first-order valence-electron chi connectivity index (χ1n) is 10.9. The molecule has 3 N–H and O–H groups in total. The van der Waals surface area contributed by atoms with Gasteiger partial charge < -0.3 is 14.7 Å². The van der Waals surface area contributed by atoms with Gasteiger partial charge in [0.1, 0.15) is 5.58 Å². The van der Waals surface area contributed by atoms with Crippen molar-refractivity contribution in [2.24, 2.45) is 5.73 Å². The van der Waals surface area contributed by atoms with E-state index in [9.17, 15) is 14.4 Å². The highest BCUT2D eigenvalue weighted by Gasteiger charge is 2.19. The second-order valence-electron chi connectivity index (χ2n) is 8.22. The zero-order valence-electron chi connectivity index (χ0n) is 18.7. The summed E-state index contributed by atoms with van der Waals surface area (Å²) in [5, 5.41) is 3.65. The predicted molar refractivity (Wildman–Crippen MR) is 131 cm³/mol. The number of aromatic nitrogens is 2. The number of nitrogens with one attached hydrogen (secondary N) is 1. The van der Waals surface area contributed by atoms with E-state index in [1.165, 1.54) is 0 Å². The highest BCUT2D eigenvalue weighted by atomic mass is 16.3. The lowest BCUT2D eigenvalue weighted by molar-refractivity contribution is 0.0997. The van der Waals surface area contributed by atoms with Gasteiger partial charge >= 0.3 is 0 Å². The standard InChI is InChI=1S/C26H22N4O4/c1-3-11-30-20-10-8-15(24(27)32)13-19(20)28-26(30)29-25(33)18-6-4-5-17-22(31)16-9-7-14(2)12-21(16)34-23(17)18/h4-10,12-13H,3,11H2,1-2H3,(H2,27,32)(H,28,29,33). The highest BCUT2D eigenvalue weighted by Crippen LogP contribution is 2.25. The second-order valence-corrected chi connectivity index (χ2v) is 8.22. The summed E-state index contributed by atoms with van der Waals surface area (Å²) in [6.07, 6.45) is 0.806. The van der Waals surface area contributed by atoms with Crippen molar-refractivity contribution in [1.82, 2.24) is 9.55 Å². The molecule has 0 atom stereocenters. The van der Waals surface area contributed by atoms with Gasteiger partial charge in [0.25, 0.3) is 5.91 Å². The van der Waals surface area contributed by atoms with E-state index in [2.05, 4.69) is 10.3 Å². The van der Waals surface area contributed by atoms with Crippen LogP contribution in [0.5, 0.6) is 0 Å². The quantitative estimate of drug-likeness (QED) is 0.382. The minimum atomic E-state index is -0.550. The number of nitrogens with two attached hydrogens (primary N) is 1. The Morgan fingerprint density at radius 1 is 1.09 bits per heavy atom. The van der Waals surface area contributed by atoms with Crippen LogP contribution in [0.2, 0.25) is 0 Å². The highest BCUT2D eigenvalue weighted by molar-refractivity contribution is 6.12. The molecule has 0 unspecified atom stereocenters. The van der Waals surface area contributed by atoms with Gasteiger partial charge in [0.2, 0.25) is 17.3 Å². The van der Waals surface area contributed by atoms with Crippen LogP contribution in [0.4, 0.5) is 5.95 Å². The van der Waals surface area contributed by atoms with Crippen molar-refractivity contribution < 1.29 is 14.0 Å². The third kappa shape index (κ3) is 3.49. The number of rotatable bonds is 5. The van der Waals surface area contributed by atoms with Gasteiger partial charge in [0.05, 0.1) is 27.4 Å². The smallest absolute Gasteiger partial charge is 0.261 e. The van der Waals surface area contributed by atoms with Gasteiger partial charge in [-0.1, -0.05) is 19.1 Å². The Kier molecular flexibility index (Phi) is 5.13. The third-order valence-electron chi connectivity index (χ3n) is 5.80. The van der Waals surface area contributed by atoms with Crippen molar-refractivity contribution in [2.75, 3.05) is 5.32 Å². The Hall–Kier alpha value is -4.46. The van der Waals surface area contributed by atoms with Crippen LogP contribution in [-0.4, -0.2) is 21.4 Å². The molecule has 2 amide bonds. The van der Waals surface area contributed by atoms with Crippen molar-refractivity contribution in [3.05, 3.63) is 81.5 Å². The minimum absolute atomic E-state index is 0.192. The van der Waals surface area contributed by atoms with Gasteiger partial charge in [0, 0.05) is 12.1 Å². The lowest BCUT2D eigenvalue weighted by Gasteiger charge is -2.10. The molecule has 8 nitrogen and oxygen atoms in total. The Balaban J connectivity index is 1.62. The summed E-state index contributed by atoms with van der Waals surface area (Å²) >= 11 is 0. The number of carbonyl (C=O) groups is 2. The monoisotopic (exact) mass is 454 g/mol. The molecule has 0 fully saturated rings. The number of benzene rings is 3.